The van der Waals surface area contributed by atoms with E-state index >= 15 is 0 Å². The Labute approximate surface area is 117 Å². The zero-order chi connectivity index (χ0) is 14.4. The third-order valence-electron chi connectivity index (χ3n) is 3.07. The van der Waals surface area contributed by atoms with Crippen molar-refractivity contribution in [1.82, 2.24) is 9.55 Å². The second kappa shape index (κ2) is 4.49. The Bertz CT molecular complexity index is 860. The van der Waals surface area contributed by atoms with E-state index in [0.29, 0.717) is 16.6 Å². The van der Waals surface area contributed by atoms with E-state index in [4.69, 9.17) is 12.2 Å². The molecule has 20 heavy (non-hydrogen) atoms. The molecule has 0 saturated carbocycles. The van der Waals surface area contributed by atoms with Crippen molar-refractivity contribution < 1.29 is 13.2 Å². The fourth-order valence-corrected chi connectivity index (χ4v) is 2.47. The lowest BCUT2D eigenvalue weighted by atomic mass is 10.2. The molecule has 0 fully saturated rings. The molecule has 0 aliphatic heterocycles. The first-order valence-electron chi connectivity index (χ1n) is 5.83. The molecule has 1 aromatic heterocycles. The van der Waals surface area contributed by atoms with E-state index in [1.165, 1.54) is 22.8 Å². The Balaban J connectivity index is 2.38. The molecular formula is C14H9F3N2S. The zero-order valence-corrected chi connectivity index (χ0v) is 11.2. The molecule has 0 saturated heterocycles. The van der Waals surface area contributed by atoms with Crippen LogP contribution in [0.4, 0.5) is 13.2 Å². The van der Waals surface area contributed by atoms with Crippen LogP contribution in [0.1, 0.15) is 5.56 Å². The normalized spacial score (nSPS) is 11.2. The number of hydrogen-bond acceptors (Lipinski definition) is 1. The van der Waals surface area contributed by atoms with Crippen LogP contribution < -0.4 is 0 Å². The van der Waals surface area contributed by atoms with Gasteiger partial charge in [-0.15, -0.1) is 0 Å². The average molecular weight is 294 g/mol. The summed E-state index contributed by atoms with van der Waals surface area (Å²) >= 11 is 5.15. The van der Waals surface area contributed by atoms with Crippen molar-refractivity contribution in [3.8, 4) is 5.69 Å². The van der Waals surface area contributed by atoms with Crippen molar-refractivity contribution in [3.05, 3.63) is 58.1 Å². The monoisotopic (exact) mass is 294 g/mol. The number of benzene rings is 2. The van der Waals surface area contributed by atoms with Crippen LogP contribution in [0.2, 0.25) is 0 Å². The Morgan fingerprint density at radius 3 is 2.30 bits per heavy atom. The van der Waals surface area contributed by atoms with Crippen molar-refractivity contribution in [2.24, 2.45) is 0 Å². The third-order valence-corrected chi connectivity index (χ3v) is 3.35. The molecule has 0 bridgehead atoms. The van der Waals surface area contributed by atoms with Gasteiger partial charge in [0.1, 0.15) is 17.5 Å². The van der Waals surface area contributed by atoms with E-state index in [-0.39, 0.29) is 16.3 Å². The van der Waals surface area contributed by atoms with Gasteiger partial charge in [0.05, 0.1) is 16.7 Å². The summed E-state index contributed by atoms with van der Waals surface area (Å²) in [6.07, 6.45) is 0. The topological polar surface area (TPSA) is 20.7 Å². The maximum Gasteiger partial charge on any atom is 0.182 e. The number of nitrogens with zero attached hydrogens (tertiary/aromatic N) is 1. The van der Waals surface area contributed by atoms with Crippen molar-refractivity contribution in [2.45, 2.75) is 6.92 Å². The van der Waals surface area contributed by atoms with E-state index in [2.05, 4.69) is 4.98 Å². The Morgan fingerprint density at radius 2 is 1.65 bits per heavy atom. The standard InChI is InChI=1S/C14H9F3N2S/c1-7-2-13-12(6-11(7)17)18-14(20)19(13)10-4-8(15)3-9(16)5-10/h2-6H,1H3,(H,18,20). The molecule has 0 atom stereocenters. The van der Waals surface area contributed by atoms with Crippen LogP contribution in [0.3, 0.4) is 0 Å². The summed E-state index contributed by atoms with van der Waals surface area (Å²) in [4.78, 5) is 2.83. The second-order valence-corrected chi connectivity index (χ2v) is 4.90. The van der Waals surface area contributed by atoms with Gasteiger partial charge in [0, 0.05) is 6.07 Å². The van der Waals surface area contributed by atoms with Crippen molar-refractivity contribution >= 4 is 23.3 Å². The van der Waals surface area contributed by atoms with E-state index in [1.807, 2.05) is 0 Å². The van der Waals surface area contributed by atoms with Crippen LogP contribution in [-0.2, 0) is 0 Å². The molecule has 1 heterocycles. The van der Waals surface area contributed by atoms with Crippen molar-refractivity contribution in [3.63, 3.8) is 0 Å². The number of fused-ring (bicyclic) bond motifs is 1. The fourth-order valence-electron chi connectivity index (χ4n) is 2.16. The highest BCUT2D eigenvalue weighted by Crippen LogP contribution is 2.23. The molecule has 0 radical (unpaired) electrons. The SMILES string of the molecule is Cc1cc2c(cc1F)[nH]c(=S)n2-c1cc(F)cc(F)c1. The van der Waals surface area contributed by atoms with Crippen molar-refractivity contribution in [1.29, 1.82) is 0 Å². The minimum absolute atomic E-state index is 0.245. The van der Waals surface area contributed by atoms with Gasteiger partial charge < -0.3 is 4.98 Å². The minimum atomic E-state index is -0.699. The maximum atomic E-state index is 13.5. The molecule has 2 aromatic carbocycles. The predicted octanol–water partition coefficient (Wildman–Crippen LogP) is 4.41. The Kier molecular flexibility index (Phi) is 2.90. The highest BCUT2D eigenvalue weighted by atomic mass is 32.1. The van der Waals surface area contributed by atoms with Gasteiger partial charge in [0.15, 0.2) is 4.77 Å². The van der Waals surface area contributed by atoms with Gasteiger partial charge in [-0.2, -0.15) is 0 Å². The number of aryl methyl sites for hydroxylation is 1. The molecule has 0 aliphatic rings. The first kappa shape index (κ1) is 12.9. The lowest BCUT2D eigenvalue weighted by Crippen LogP contribution is -1.96. The van der Waals surface area contributed by atoms with Gasteiger partial charge in [0.2, 0.25) is 0 Å². The number of halogens is 3. The van der Waals surface area contributed by atoms with Crippen LogP contribution >= 0.6 is 12.2 Å². The third kappa shape index (κ3) is 2.02. The highest BCUT2D eigenvalue weighted by molar-refractivity contribution is 7.71. The molecule has 102 valence electrons. The molecular weight excluding hydrogens is 285 g/mol. The molecule has 6 heteroatoms. The zero-order valence-electron chi connectivity index (χ0n) is 10.4. The van der Waals surface area contributed by atoms with Crippen LogP contribution in [0.5, 0.6) is 0 Å². The van der Waals surface area contributed by atoms with Gasteiger partial charge in [-0.3, -0.25) is 4.57 Å². The summed E-state index contributed by atoms with van der Waals surface area (Å²) < 4.78 is 41.9. The summed E-state index contributed by atoms with van der Waals surface area (Å²) in [5.74, 6) is -1.77. The predicted molar refractivity (Wildman–Crippen MR) is 73.1 cm³/mol. The molecule has 0 amide bonds. The molecule has 2 nitrogen and oxygen atoms in total. The van der Waals surface area contributed by atoms with Crippen LogP contribution in [-0.4, -0.2) is 9.55 Å². The summed E-state index contributed by atoms with van der Waals surface area (Å²) in [6, 6.07) is 6.02. The number of hydrogen-bond donors (Lipinski definition) is 1. The number of aromatic nitrogens is 2. The molecule has 0 spiro atoms. The van der Waals surface area contributed by atoms with Gasteiger partial charge in [-0.25, -0.2) is 13.2 Å². The van der Waals surface area contributed by atoms with Crippen LogP contribution in [0.25, 0.3) is 16.7 Å². The average Bonchev–Trinajstić information content (AvgIpc) is 2.64. The molecule has 0 aliphatic carbocycles. The minimum Gasteiger partial charge on any atom is -0.330 e. The molecule has 0 unspecified atom stereocenters. The maximum absolute atomic E-state index is 13.5. The fraction of sp³-hybridized carbons (Fsp3) is 0.0714. The van der Waals surface area contributed by atoms with Gasteiger partial charge in [0.25, 0.3) is 0 Å². The number of H-pyrrole nitrogens is 1. The van der Waals surface area contributed by atoms with Crippen molar-refractivity contribution in [2.75, 3.05) is 0 Å². The van der Waals surface area contributed by atoms with Crippen LogP contribution in [0.15, 0.2) is 30.3 Å². The number of imidazole rings is 1. The van der Waals surface area contributed by atoms with Gasteiger partial charge in [-0.05, 0) is 49.0 Å². The van der Waals surface area contributed by atoms with Gasteiger partial charge >= 0.3 is 0 Å². The first-order chi connectivity index (χ1) is 9.45. The number of aromatic amines is 1. The van der Waals surface area contributed by atoms with Gasteiger partial charge in [-0.1, -0.05) is 0 Å². The number of nitrogens with one attached hydrogen (secondary N) is 1. The van der Waals surface area contributed by atoms with E-state index < -0.39 is 11.6 Å². The molecule has 1 N–H and O–H groups in total. The summed E-state index contributed by atoms with van der Waals surface area (Å²) in [5.41, 5.74) is 1.73. The van der Waals surface area contributed by atoms with Crippen LogP contribution in [0, 0.1) is 29.1 Å². The summed E-state index contributed by atoms with van der Waals surface area (Å²) in [7, 11) is 0. The highest BCUT2D eigenvalue weighted by Gasteiger charge is 2.11. The Morgan fingerprint density at radius 1 is 1.00 bits per heavy atom. The largest absolute Gasteiger partial charge is 0.330 e. The van der Waals surface area contributed by atoms with E-state index in [0.717, 1.165) is 6.07 Å². The quantitative estimate of drug-likeness (QED) is 0.659. The lowest BCUT2D eigenvalue weighted by Gasteiger charge is -2.06. The summed E-state index contributed by atoms with van der Waals surface area (Å²) in [5, 5.41) is 0. The van der Waals surface area contributed by atoms with E-state index in [9.17, 15) is 13.2 Å². The first-order valence-corrected chi connectivity index (χ1v) is 6.24. The molecule has 3 aromatic rings. The molecule has 3 rings (SSSR count). The number of rotatable bonds is 1. The summed E-state index contributed by atoms with van der Waals surface area (Å²) in [6.45, 7) is 1.61. The smallest absolute Gasteiger partial charge is 0.182 e. The van der Waals surface area contributed by atoms with E-state index in [1.54, 1.807) is 13.0 Å². The second-order valence-electron chi connectivity index (χ2n) is 4.51. The lowest BCUT2D eigenvalue weighted by molar-refractivity contribution is 0.581. The Hall–Kier alpha value is -2.08.